The third-order valence-corrected chi connectivity index (χ3v) is 4.04. The van der Waals surface area contributed by atoms with Gasteiger partial charge in [-0.3, -0.25) is 4.79 Å². The first-order valence-electron chi connectivity index (χ1n) is 6.57. The summed E-state index contributed by atoms with van der Waals surface area (Å²) in [5.41, 5.74) is 0.185. The van der Waals surface area contributed by atoms with Crippen LogP contribution in [-0.4, -0.2) is 24.3 Å². The molecule has 2 rings (SSSR count). The maximum Gasteiger partial charge on any atom is 0.169 e. The molecular weight excluding hydrogens is 273 g/mol. The second kappa shape index (κ2) is 6.77. The summed E-state index contributed by atoms with van der Waals surface area (Å²) < 4.78 is 13.6. The first-order chi connectivity index (χ1) is 9.58. The zero-order valence-electron chi connectivity index (χ0n) is 11.7. The van der Waals surface area contributed by atoms with Crippen LogP contribution in [0.15, 0.2) is 41.8 Å². The molecule has 1 aromatic carbocycles. The van der Waals surface area contributed by atoms with Crippen molar-refractivity contribution in [3.05, 3.63) is 58.0 Å². The molecule has 1 atom stereocenters. The topological polar surface area (TPSA) is 20.3 Å². The highest BCUT2D eigenvalue weighted by molar-refractivity contribution is 7.09. The Bertz CT molecular complexity index is 568. The summed E-state index contributed by atoms with van der Waals surface area (Å²) in [6.07, 6.45) is 0. The highest BCUT2D eigenvalue weighted by Crippen LogP contribution is 2.16. The summed E-state index contributed by atoms with van der Waals surface area (Å²) in [4.78, 5) is 15.6. The average molecular weight is 291 g/mol. The van der Waals surface area contributed by atoms with Gasteiger partial charge in [0.1, 0.15) is 5.82 Å². The monoisotopic (exact) mass is 291 g/mol. The number of thiophene rings is 1. The minimum atomic E-state index is -0.440. The number of rotatable bonds is 6. The van der Waals surface area contributed by atoms with E-state index in [0.29, 0.717) is 6.54 Å². The summed E-state index contributed by atoms with van der Waals surface area (Å²) in [6, 6.07) is 10.3. The van der Waals surface area contributed by atoms with E-state index < -0.39 is 5.82 Å². The minimum Gasteiger partial charge on any atom is -0.301 e. The fourth-order valence-electron chi connectivity index (χ4n) is 2.21. The summed E-state index contributed by atoms with van der Waals surface area (Å²) in [5.74, 6) is -0.803. The molecule has 1 heterocycles. The molecule has 106 valence electrons. The van der Waals surface area contributed by atoms with E-state index in [1.807, 2.05) is 25.4 Å². The van der Waals surface area contributed by atoms with Crippen LogP contribution in [-0.2, 0) is 6.54 Å². The third kappa shape index (κ3) is 3.74. The first kappa shape index (κ1) is 14.9. The quantitative estimate of drug-likeness (QED) is 0.754. The molecule has 0 saturated heterocycles. The van der Waals surface area contributed by atoms with Gasteiger partial charge in [-0.2, -0.15) is 0 Å². The van der Waals surface area contributed by atoms with Gasteiger partial charge in [0.05, 0.1) is 5.56 Å². The van der Waals surface area contributed by atoms with Crippen LogP contribution in [0.25, 0.3) is 0 Å². The third-order valence-electron chi connectivity index (χ3n) is 3.18. The molecule has 0 bridgehead atoms. The smallest absolute Gasteiger partial charge is 0.169 e. The van der Waals surface area contributed by atoms with Gasteiger partial charge in [0, 0.05) is 23.9 Å². The van der Waals surface area contributed by atoms with Gasteiger partial charge in [-0.05, 0) is 30.6 Å². The van der Waals surface area contributed by atoms with Crippen molar-refractivity contribution in [3.8, 4) is 0 Å². The highest BCUT2D eigenvalue weighted by atomic mass is 32.1. The van der Waals surface area contributed by atoms with Crippen molar-refractivity contribution in [2.24, 2.45) is 5.92 Å². The van der Waals surface area contributed by atoms with Crippen LogP contribution < -0.4 is 0 Å². The molecule has 4 heteroatoms. The van der Waals surface area contributed by atoms with Gasteiger partial charge in [-0.25, -0.2) is 4.39 Å². The van der Waals surface area contributed by atoms with Crippen LogP contribution >= 0.6 is 11.3 Å². The van der Waals surface area contributed by atoms with E-state index in [1.165, 1.54) is 10.9 Å². The van der Waals surface area contributed by atoms with Crippen molar-refractivity contribution in [1.82, 2.24) is 4.90 Å². The van der Waals surface area contributed by atoms with Crippen molar-refractivity contribution in [1.29, 1.82) is 0 Å². The SMILES string of the molecule is CC(CN(C)Cc1cccs1)C(=O)c1ccccc1F. The van der Waals surface area contributed by atoms with Gasteiger partial charge < -0.3 is 4.90 Å². The maximum absolute atomic E-state index is 13.6. The second-order valence-corrected chi connectivity index (χ2v) is 6.05. The van der Waals surface area contributed by atoms with E-state index >= 15 is 0 Å². The molecule has 0 aliphatic heterocycles. The number of nitrogens with zero attached hydrogens (tertiary/aromatic N) is 1. The molecule has 0 radical (unpaired) electrons. The van der Waals surface area contributed by atoms with E-state index in [-0.39, 0.29) is 17.3 Å². The molecule has 0 saturated carbocycles. The molecular formula is C16H18FNOS. The van der Waals surface area contributed by atoms with Gasteiger partial charge in [0.15, 0.2) is 5.78 Å². The molecule has 0 amide bonds. The number of carbonyl (C=O) groups is 1. The molecule has 0 spiro atoms. The Hall–Kier alpha value is -1.52. The molecule has 1 aromatic heterocycles. The number of ketones is 1. The zero-order valence-corrected chi connectivity index (χ0v) is 12.5. The Kier molecular flexibility index (Phi) is 5.04. The molecule has 2 nitrogen and oxygen atoms in total. The van der Waals surface area contributed by atoms with Gasteiger partial charge in [0.25, 0.3) is 0 Å². The first-order valence-corrected chi connectivity index (χ1v) is 7.45. The fourth-order valence-corrected chi connectivity index (χ4v) is 2.99. The van der Waals surface area contributed by atoms with Crippen LogP contribution in [0.5, 0.6) is 0 Å². The molecule has 0 aliphatic rings. The van der Waals surface area contributed by atoms with Gasteiger partial charge >= 0.3 is 0 Å². The predicted molar refractivity (Wildman–Crippen MR) is 80.5 cm³/mol. The minimum absolute atomic E-state index is 0.138. The van der Waals surface area contributed by atoms with E-state index in [2.05, 4.69) is 11.0 Å². The van der Waals surface area contributed by atoms with Crippen LogP contribution in [0.1, 0.15) is 22.2 Å². The van der Waals surface area contributed by atoms with Crippen LogP contribution in [0, 0.1) is 11.7 Å². The standard InChI is InChI=1S/C16H18FNOS/c1-12(10-18(2)11-13-6-5-9-20-13)16(19)14-7-3-4-8-15(14)17/h3-9,12H,10-11H2,1-2H3. The Morgan fingerprint density at radius 2 is 2.05 bits per heavy atom. The highest BCUT2D eigenvalue weighted by Gasteiger charge is 2.19. The number of Topliss-reactive ketones (excluding diaryl/α,β-unsaturated/α-hetero) is 1. The van der Waals surface area contributed by atoms with Crippen molar-refractivity contribution < 1.29 is 9.18 Å². The largest absolute Gasteiger partial charge is 0.301 e. The molecule has 0 N–H and O–H groups in total. The lowest BCUT2D eigenvalue weighted by Gasteiger charge is -2.20. The van der Waals surface area contributed by atoms with Crippen molar-refractivity contribution in [2.45, 2.75) is 13.5 Å². The average Bonchev–Trinajstić information content (AvgIpc) is 2.91. The second-order valence-electron chi connectivity index (χ2n) is 5.02. The fraction of sp³-hybridized carbons (Fsp3) is 0.312. The van der Waals surface area contributed by atoms with Crippen LogP contribution in [0.3, 0.4) is 0 Å². The van der Waals surface area contributed by atoms with Gasteiger partial charge in [-0.15, -0.1) is 11.3 Å². The lowest BCUT2D eigenvalue weighted by molar-refractivity contribution is 0.0897. The lowest BCUT2D eigenvalue weighted by Crippen LogP contribution is -2.28. The Morgan fingerprint density at radius 1 is 1.30 bits per heavy atom. The molecule has 20 heavy (non-hydrogen) atoms. The van der Waals surface area contributed by atoms with E-state index in [4.69, 9.17) is 0 Å². The van der Waals surface area contributed by atoms with Gasteiger partial charge in [0.2, 0.25) is 0 Å². The summed E-state index contributed by atoms with van der Waals surface area (Å²) in [6.45, 7) is 3.28. The summed E-state index contributed by atoms with van der Waals surface area (Å²) in [7, 11) is 1.98. The van der Waals surface area contributed by atoms with Crippen molar-refractivity contribution >= 4 is 17.1 Å². The summed E-state index contributed by atoms with van der Waals surface area (Å²) in [5, 5.41) is 2.04. The molecule has 0 aliphatic carbocycles. The summed E-state index contributed by atoms with van der Waals surface area (Å²) >= 11 is 1.70. The van der Waals surface area contributed by atoms with Crippen LogP contribution in [0.2, 0.25) is 0 Å². The number of hydrogen-bond acceptors (Lipinski definition) is 3. The van der Waals surface area contributed by atoms with E-state index in [9.17, 15) is 9.18 Å². The Labute approximate surface area is 122 Å². The van der Waals surface area contributed by atoms with Crippen molar-refractivity contribution in [3.63, 3.8) is 0 Å². The Morgan fingerprint density at radius 3 is 2.70 bits per heavy atom. The number of halogens is 1. The molecule has 2 aromatic rings. The van der Waals surface area contributed by atoms with Crippen LogP contribution in [0.4, 0.5) is 4.39 Å². The maximum atomic E-state index is 13.6. The number of hydrogen-bond donors (Lipinski definition) is 0. The lowest BCUT2D eigenvalue weighted by atomic mass is 9.98. The zero-order chi connectivity index (χ0) is 14.5. The normalized spacial score (nSPS) is 12.6. The number of benzene rings is 1. The predicted octanol–water partition coefficient (Wildman–Crippen LogP) is 3.84. The van der Waals surface area contributed by atoms with E-state index in [0.717, 1.165) is 6.54 Å². The van der Waals surface area contributed by atoms with Gasteiger partial charge in [-0.1, -0.05) is 25.1 Å². The van der Waals surface area contributed by atoms with E-state index in [1.54, 1.807) is 29.5 Å². The molecule has 1 unspecified atom stereocenters. The number of carbonyl (C=O) groups excluding carboxylic acids is 1. The molecule has 0 fully saturated rings. The Balaban J connectivity index is 1.96. The van der Waals surface area contributed by atoms with Crippen molar-refractivity contribution in [2.75, 3.05) is 13.6 Å².